The van der Waals surface area contributed by atoms with Gasteiger partial charge in [-0.05, 0) is 66.3 Å². The molecular weight excluding hydrogens is 556 g/mol. The van der Waals surface area contributed by atoms with Crippen LogP contribution in [0.2, 0.25) is 0 Å². The Morgan fingerprint density at radius 1 is 0.535 bits per heavy atom. The number of rotatable bonds is 11. The van der Waals surface area contributed by atoms with Crippen LogP contribution < -0.4 is 26.5 Å². The van der Waals surface area contributed by atoms with Crippen LogP contribution in [0.15, 0.2) is 169 Å². The van der Waals surface area contributed by atoms with E-state index in [1.807, 2.05) is 0 Å². The molecule has 0 aromatic heterocycles. The molecule has 1 aliphatic rings. The van der Waals surface area contributed by atoms with Crippen LogP contribution in [0.3, 0.4) is 0 Å². The van der Waals surface area contributed by atoms with Gasteiger partial charge in [-0.1, -0.05) is 178 Å². The lowest BCUT2D eigenvalue weighted by Gasteiger charge is -2.39. The lowest BCUT2D eigenvalue weighted by molar-refractivity contribution is 0.194. The van der Waals surface area contributed by atoms with Gasteiger partial charge in [0.05, 0.1) is 0 Å². The van der Waals surface area contributed by atoms with Crippen molar-refractivity contribution in [2.24, 2.45) is 5.92 Å². The van der Waals surface area contributed by atoms with Gasteiger partial charge in [0.25, 0.3) is 0 Å². The van der Waals surface area contributed by atoms with Crippen molar-refractivity contribution in [1.82, 2.24) is 4.90 Å². The Morgan fingerprint density at radius 2 is 0.953 bits per heavy atom. The Bertz CT molecular complexity index is 1570. The molecule has 5 aromatic rings. The number of allylic oxidation sites excluding steroid dienone is 2. The first-order valence-electron chi connectivity index (χ1n) is 15.3. The van der Waals surface area contributed by atoms with E-state index in [1.165, 1.54) is 37.4 Å². The normalized spacial score (nSPS) is 15.3. The molecule has 0 radical (unpaired) electrons. The van der Waals surface area contributed by atoms with Crippen molar-refractivity contribution in [2.45, 2.75) is 19.9 Å². The Kier molecular flexibility index (Phi) is 9.76. The highest BCUT2D eigenvalue weighted by atomic mass is 31.1. The van der Waals surface area contributed by atoms with Crippen molar-refractivity contribution in [3.63, 3.8) is 0 Å². The van der Waals surface area contributed by atoms with Crippen LogP contribution in [0.5, 0.6) is 0 Å². The molecule has 0 saturated carbocycles. The van der Waals surface area contributed by atoms with Crippen LogP contribution in [0.25, 0.3) is 0 Å². The third kappa shape index (κ3) is 6.37. The number of hydrogen-bond donors (Lipinski definition) is 0. The predicted molar refractivity (Wildman–Crippen MR) is 191 cm³/mol. The van der Waals surface area contributed by atoms with Crippen molar-refractivity contribution >= 4 is 42.4 Å². The second kappa shape index (κ2) is 14.2. The summed E-state index contributed by atoms with van der Waals surface area (Å²) in [7, 11) is -1.41. The van der Waals surface area contributed by atoms with Crippen LogP contribution in [0, 0.1) is 5.92 Å². The molecule has 5 aromatic carbocycles. The predicted octanol–water partition coefficient (Wildman–Crippen LogP) is 8.03. The second-order valence-electron chi connectivity index (χ2n) is 10.7. The van der Waals surface area contributed by atoms with Gasteiger partial charge in [-0.15, -0.1) is 0 Å². The standard InChI is InChI=1S/C40H39NP2/c1-3-41(4-2)40(37-29-19-31-39(37)43(34-24-13-7-14-25-34)35-26-15-8-16-27-35)36-28-17-18-30-38(36)42(32-20-9-5-10-21-32)33-22-11-6-12-23-33/h5-31,37,40H,3-4H2,1-2H3. The van der Waals surface area contributed by atoms with Crippen molar-refractivity contribution in [2.75, 3.05) is 13.1 Å². The van der Waals surface area contributed by atoms with Crippen molar-refractivity contribution in [1.29, 1.82) is 0 Å². The molecule has 6 rings (SSSR count). The summed E-state index contributed by atoms with van der Waals surface area (Å²) in [5, 5.41) is 8.58. The monoisotopic (exact) mass is 595 g/mol. The zero-order valence-electron chi connectivity index (χ0n) is 25.0. The summed E-state index contributed by atoms with van der Waals surface area (Å²) in [6.07, 6.45) is 7.22. The minimum atomic E-state index is -0.731. The topological polar surface area (TPSA) is 3.24 Å². The van der Waals surface area contributed by atoms with Crippen LogP contribution in [0.4, 0.5) is 0 Å². The minimum absolute atomic E-state index is 0.228. The maximum absolute atomic E-state index is 2.68. The van der Waals surface area contributed by atoms with E-state index in [-0.39, 0.29) is 12.0 Å². The van der Waals surface area contributed by atoms with Gasteiger partial charge in [0.2, 0.25) is 0 Å². The number of benzene rings is 5. The summed E-state index contributed by atoms with van der Waals surface area (Å²) in [5.74, 6) is 0.274. The zero-order valence-corrected chi connectivity index (χ0v) is 26.8. The van der Waals surface area contributed by atoms with Crippen molar-refractivity contribution in [3.8, 4) is 0 Å². The van der Waals surface area contributed by atoms with Crippen LogP contribution in [-0.4, -0.2) is 18.0 Å². The molecule has 2 unspecified atom stereocenters. The average Bonchev–Trinajstić information content (AvgIpc) is 3.55. The molecule has 0 spiro atoms. The molecule has 3 heteroatoms. The van der Waals surface area contributed by atoms with Gasteiger partial charge in [-0.2, -0.15) is 0 Å². The Balaban J connectivity index is 1.52. The maximum Gasteiger partial charge on any atom is 0.0458 e. The van der Waals surface area contributed by atoms with E-state index < -0.39 is 15.8 Å². The van der Waals surface area contributed by atoms with Gasteiger partial charge in [-0.3, -0.25) is 4.90 Å². The fraction of sp³-hybridized carbons (Fsp3) is 0.150. The van der Waals surface area contributed by atoms with Crippen LogP contribution >= 0.6 is 15.8 Å². The van der Waals surface area contributed by atoms with E-state index in [2.05, 4.69) is 183 Å². The Hall–Kier alpha value is -3.60. The highest BCUT2D eigenvalue weighted by molar-refractivity contribution is 7.80. The van der Waals surface area contributed by atoms with E-state index in [0.29, 0.717) is 0 Å². The molecule has 2 atom stereocenters. The van der Waals surface area contributed by atoms with E-state index in [0.717, 1.165) is 13.1 Å². The molecule has 0 amide bonds. The lowest BCUT2D eigenvalue weighted by Crippen LogP contribution is -2.37. The van der Waals surface area contributed by atoms with Crippen molar-refractivity contribution in [3.05, 3.63) is 175 Å². The Labute approximate surface area is 260 Å². The minimum Gasteiger partial charge on any atom is -0.296 e. The van der Waals surface area contributed by atoms with Crippen LogP contribution in [-0.2, 0) is 0 Å². The largest absolute Gasteiger partial charge is 0.296 e. The zero-order chi connectivity index (χ0) is 29.4. The first kappa shape index (κ1) is 29.5. The molecule has 0 bridgehead atoms. The molecule has 0 aliphatic heterocycles. The fourth-order valence-electron chi connectivity index (χ4n) is 6.33. The highest BCUT2D eigenvalue weighted by Gasteiger charge is 2.37. The number of hydrogen-bond acceptors (Lipinski definition) is 1. The quantitative estimate of drug-likeness (QED) is 0.140. The van der Waals surface area contributed by atoms with Gasteiger partial charge in [-0.25, -0.2) is 0 Å². The van der Waals surface area contributed by atoms with Gasteiger partial charge in [0.15, 0.2) is 0 Å². The van der Waals surface area contributed by atoms with Crippen molar-refractivity contribution < 1.29 is 0 Å². The van der Waals surface area contributed by atoms with E-state index in [9.17, 15) is 0 Å². The molecule has 214 valence electrons. The number of nitrogens with zero attached hydrogens (tertiary/aromatic N) is 1. The summed E-state index contributed by atoms with van der Waals surface area (Å²) in [6, 6.07) is 54.1. The van der Waals surface area contributed by atoms with E-state index in [1.54, 1.807) is 0 Å². The molecular formula is C40H39NP2. The first-order chi connectivity index (χ1) is 21.3. The third-order valence-electron chi connectivity index (χ3n) is 8.28. The van der Waals surface area contributed by atoms with Gasteiger partial charge < -0.3 is 0 Å². The summed E-state index contributed by atoms with van der Waals surface area (Å²) in [5.41, 5.74) is 1.45. The average molecular weight is 596 g/mol. The van der Waals surface area contributed by atoms with Gasteiger partial charge >= 0.3 is 0 Å². The summed E-state index contributed by atoms with van der Waals surface area (Å²) >= 11 is 0. The summed E-state index contributed by atoms with van der Waals surface area (Å²) in [6.45, 7) is 6.62. The van der Waals surface area contributed by atoms with Gasteiger partial charge in [0.1, 0.15) is 0 Å². The first-order valence-corrected chi connectivity index (χ1v) is 18.0. The van der Waals surface area contributed by atoms with Gasteiger partial charge in [0, 0.05) is 12.0 Å². The van der Waals surface area contributed by atoms with E-state index in [4.69, 9.17) is 0 Å². The lowest BCUT2D eigenvalue weighted by atomic mass is 9.92. The molecule has 0 saturated heterocycles. The molecule has 0 heterocycles. The Morgan fingerprint density at radius 3 is 1.42 bits per heavy atom. The molecule has 1 nitrogen and oxygen atoms in total. The second-order valence-corrected chi connectivity index (χ2v) is 15.1. The maximum atomic E-state index is 2.68. The summed E-state index contributed by atoms with van der Waals surface area (Å²) in [4.78, 5) is 2.68. The molecule has 1 aliphatic carbocycles. The third-order valence-corrected chi connectivity index (χ3v) is 13.4. The summed E-state index contributed by atoms with van der Waals surface area (Å²) < 4.78 is 0. The SMILES string of the molecule is CCN(CC)C(c1ccccc1P(c1ccccc1)c1ccccc1)C1C=CC=C1P(c1ccccc1)c1ccccc1. The van der Waals surface area contributed by atoms with Crippen LogP contribution in [0.1, 0.15) is 25.5 Å². The molecule has 43 heavy (non-hydrogen) atoms. The highest BCUT2D eigenvalue weighted by Crippen LogP contribution is 2.53. The van der Waals surface area contributed by atoms with E-state index >= 15 is 0 Å². The smallest absolute Gasteiger partial charge is 0.0458 e. The molecule has 0 fully saturated rings. The molecule has 0 N–H and O–H groups in total. The fourth-order valence-corrected chi connectivity index (χ4v) is 11.4.